The van der Waals surface area contributed by atoms with Gasteiger partial charge < -0.3 is 10.2 Å². The average molecular weight is 278 g/mol. The van der Waals surface area contributed by atoms with Crippen LogP contribution < -0.4 is 5.32 Å². The Kier molecular flexibility index (Phi) is 6.34. The Morgan fingerprint density at radius 3 is 2.39 bits per heavy atom. The molecule has 1 rings (SSSR count). The molecule has 0 unspecified atom stereocenters. The molecule has 0 aliphatic heterocycles. The number of anilines is 1. The van der Waals surface area contributed by atoms with E-state index in [1.165, 1.54) is 18.0 Å². The topological polar surface area (TPSA) is 105 Å². The fourth-order valence-corrected chi connectivity index (χ4v) is 1.76. The van der Waals surface area contributed by atoms with Gasteiger partial charge in [0.1, 0.15) is 11.6 Å². The maximum atomic E-state index is 10.8. The van der Waals surface area contributed by atoms with E-state index in [2.05, 4.69) is 10.3 Å². The van der Waals surface area contributed by atoms with Gasteiger partial charge in [0.25, 0.3) is 0 Å². The summed E-state index contributed by atoms with van der Waals surface area (Å²) in [6, 6.07) is 0. The fourth-order valence-electron chi connectivity index (χ4n) is 1.02. The summed E-state index contributed by atoms with van der Waals surface area (Å²) in [4.78, 5) is 14.6. The minimum absolute atomic E-state index is 0.221. The summed E-state index contributed by atoms with van der Waals surface area (Å²) in [5, 5.41) is 2.76. The highest BCUT2D eigenvalue weighted by atomic mass is 32.2. The lowest BCUT2D eigenvalue weighted by Crippen LogP contribution is -2.16. The molecule has 1 aromatic heterocycles. The van der Waals surface area contributed by atoms with Crippen molar-refractivity contribution in [2.24, 2.45) is 0 Å². The number of nitrogens with one attached hydrogen (secondary N) is 1. The molecule has 0 saturated carbocycles. The molecule has 0 bridgehead atoms. The van der Waals surface area contributed by atoms with Crippen LogP contribution in [-0.4, -0.2) is 53.9 Å². The summed E-state index contributed by atoms with van der Waals surface area (Å²) in [7, 11) is -0.876. The molecule has 0 aliphatic rings. The molecular weight excluding hydrogens is 260 g/mol. The van der Waals surface area contributed by atoms with Gasteiger partial charge in [-0.2, -0.15) is 12.4 Å². The maximum absolute atomic E-state index is 10.8. The Labute approximate surface area is 107 Å². The first kappa shape index (κ1) is 16.4. The number of carbonyl (C=O) groups excluding carboxylic acids is 1. The van der Waals surface area contributed by atoms with Gasteiger partial charge in [0.15, 0.2) is 0 Å². The normalized spacial score (nSPS) is 10.3. The molecule has 18 heavy (non-hydrogen) atoms. The summed E-state index contributed by atoms with van der Waals surface area (Å²) in [5.41, 5.74) is 0. The first-order valence-electron chi connectivity index (χ1n) is 5.12. The van der Waals surface area contributed by atoms with Crippen LogP contribution in [-0.2, 0) is 15.1 Å². The van der Waals surface area contributed by atoms with Gasteiger partial charge in [0.05, 0.1) is 6.20 Å². The SMILES string of the molecule is CCNc1cnc(C)n1S(=O)(=O)O.CN(C)C=O. The number of nitrogens with zero attached hydrogens (tertiary/aromatic N) is 3. The van der Waals surface area contributed by atoms with E-state index in [-0.39, 0.29) is 11.6 Å². The Morgan fingerprint density at radius 1 is 1.56 bits per heavy atom. The quantitative estimate of drug-likeness (QED) is 0.592. The summed E-state index contributed by atoms with van der Waals surface area (Å²) in [6.07, 6.45) is 2.10. The largest absolute Gasteiger partial charge is 0.370 e. The van der Waals surface area contributed by atoms with Crippen molar-refractivity contribution in [3.05, 3.63) is 12.0 Å². The number of hydrogen-bond donors (Lipinski definition) is 2. The van der Waals surface area contributed by atoms with Gasteiger partial charge in [-0.1, -0.05) is 0 Å². The van der Waals surface area contributed by atoms with Gasteiger partial charge in [0, 0.05) is 20.6 Å². The first-order chi connectivity index (χ1) is 8.23. The average Bonchev–Trinajstić information content (AvgIpc) is 2.60. The standard InChI is InChI=1S/C6H11N3O3S.C3H7NO/c1-3-7-6-4-8-5(2)9(6)13(10,11)12;1-4(2)3-5/h4,7H,3H2,1-2H3,(H,10,11,12);3H,1-2H3. The van der Waals surface area contributed by atoms with Gasteiger partial charge in [-0.15, -0.1) is 0 Å². The van der Waals surface area contributed by atoms with E-state index >= 15 is 0 Å². The molecule has 8 nitrogen and oxygen atoms in total. The lowest BCUT2D eigenvalue weighted by molar-refractivity contribution is -0.115. The molecule has 0 aromatic carbocycles. The Hall–Kier alpha value is -1.61. The molecule has 0 saturated heterocycles. The van der Waals surface area contributed by atoms with E-state index in [1.807, 2.05) is 6.92 Å². The van der Waals surface area contributed by atoms with Crippen molar-refractivity contribution in [2.45, 2.75) is 13.8 Å². The first-order valence-corrected chi connectivity index (χ1v) is 6.51. The van der Waals surface area contributed by atoms with Gasteiger partial charge >= 0.3 is 10.3 Å². The van der Waals surface area contributed by atoms with Crippen molar-refractivity contribution < 1.29 is 17.8 Å². The van der Waals surface area contributed by atoms with Crippen molar-refractivity contribution in [3.63, 3.8) is 0 Å². The number of rotatable bonds is 4. The highest BCUT2D eigenvalue weighted by Crippen LogP contribution is 2.12. The summed E-state index contributed by atoms with van der Waals surface area (Å²) < 4.78 is 31.3. The number of aromatic nitrogens is 2. The van der Waals surface area contributed by atoms with Crippen LogP contribution in [0.25, 0.3) is 0 Å². The highest BCUT2D eigenvalue weighted by molar-refractivity contribution is 7.84. The monoisotopic (exact) mass is 278 g/mol. The van der Waals surface area contributed by atoms with Gasteiger partial charge in [-0.3, -0.25) is 9.35 Å². The summed E-state index contributed by atoms with van der Waals surface area (Å²) >= 11 is 0. The molecule has 1 amide bonds. The lowest BCUT2D eigenvalue weighted by atomic mass is 10.7. The molecule has 0 fully saturated rings. The zero-order chi connectivity index (χ0) is 14.3. The van der Waals surface area contributed by atoms with E-state index in [0.717, 1.165) is 10.4 Å². The zero-order valence-corrected chi connectivity index (χ0v) is 11.6. The van der Waals surface area contributed by atoms with Crippen molar-refractivity contribution in [2.75, 3.05) is 26.0 Å². The van der Waals surface area contributed by atoms with Crippen LogP contribution >= 0.6 is 0 Å². The third-order valence-electron chi connectivity index (χ3n) is 1.69. The molecule has 1 aromatic rings. The smallest absolute Gasteiger partial charge is 0.366 e. The Morgan fingerprint density at radius 2 is 2.06 bits per heavy atom. The molecule has 1 heterocycles. The van der Waals surface area contributed by atoms with Crippen molar-refractivity contribution >= 4 is 22.5 Å². The number of hydrogen-bond acceptors (Lipinski definition) is 5. The number of imidazole rings is 1. The molecule has 2 N–H and O–H groups in total. The molecule has 0 atom stereocenters. The summed E-state index contributed by atoms with van der Waals surface area (Å²) in [5.74, 6) is 0.487. The maximum Gasteiger partial charge on any atom is 0.366 e. The van der Waals surface area contributed by atoms with E-state index in [4.69, 9.17) is 4.55 Å². The van der Waals surface area contributed by atoms with Crippen LogP contribution in [0.3, 0.4) is 0 Å². The van der Waals surface area contributed by atoms with Gasteiger partial charge in [-0.05, 0) is 13.8 Å². The molecule has 104 valence electrons. The Bertz CT molecular complexity index is 481. The molecule has 0 aliphatic carbocycles. The van der Waals surface area contributed by atoms with E-state index in [9.17, 15) is 13.2 Å². The number of carbonyl (C=O) groups is 1. The lowest BCUT2D eigenvalue weighted by Gasteiger charge is -2.06. The zero-order valence-electron chi connectivity index (χ0n) is 10.8. The minimum atomic E-state index is -4.25. The predicted molar refractivity (Wildman–Crippen MR) is 67.8 cm³/mol. The fraction of sp³-hybridized carbons (Fsp3) is 0.556. The second-order valence-corrected chi connectivity index (χ2v) is 4.79. The van der Waals surface area contributed by atoms with Crippen LogP contribution in [0.5, 0.6) is 0 Å². The number of amides is 1. The van der Waals surface area contributed by atoms with Crippen molar-refractivity contribution in [1.29, 1.82) is 0 Å². The van der Waals surface area contributed by atoms with Gasteiger partial charge in [0.2, 0.25) is 6.41 Å². The van der Waals surface area contributed by atoms with E-state index in [0.29, 0.717) is 6.54 Å². The Balaban J connectivity index is 0.000000494. The van der Waals surface area contributed by atoms with E-state index < -0.39 is 10.3 Å². The predicted octanol–water partition coefficient (Wildman–Crippen LogP) is -0.0214. The van der Waals surface area contributed by atoms with Crippen LogP contribution in [0.2, 0.25) is 0 Å². The van der Waals surface area contributed by atoms with Crippen molar-refractivity contribution in [3.8, 4) is 0 Å². The molecule has 0 radical (unpaired) electrons. The minimum Gasteiger partial charge on any atom is -0.370 e. The highest BCUT2D eigenvalue weighted by Gasteiger charge is 2.16. The number of aryl methyl sites for hydroxylation is 1. The van der Waals surface area contributed by atoms with Crippen LogP contribution in [0.4, 0.5) is 5.82 Å². The second kappa shape index (κ2) is 6.97. The van der Waals surface area contributed by atoms with E-state index in [1.54, 1.807) is 14.1 Å². The van der Waals surface area contributed by atoms with Crippen molar-refractivity contribution in [1.82, 2.24) is 13.9 Å². The molecular formula is C9H18N4O4S. The summed E-state index contributed by atoms with van der Waals surface area (Å²) in [6.45, 7) is 3.87. The molecule has 0 spiro atoms. The molecule has 9 heteroatoms. The van der Waals surface area contributed by atoms with Crippen LogP contribution in [0, 0.1) is 6.92 Å². The third-order valence-corrected chi connectivity index (χ3v) is 2.61. The third kappa shape index (κ3) is 5.15. The second-order valence-electron chi connectivity index (χ2n) is 3.53. The van der Waals surface area contributed by atoms with Crippen LogP contribution in [0.1, 0.15) is 12.7 Å². The van der Waals surface area contributed by atoms with Crippen LogP contribution in [0.15, 0.2) is 6.20 Å². The van der Waals surface area contributed by atoms with Gasteiger partial charge in [-0.25, -0.2) is 4.98 Å².